The van der Waals surface area contributed by atoms with Crippen LogP contribution in [0.25, 0.3) is 0 Å². The maximum Gasteiger partial charge on any atom is 0.490 e. The molecule has 0 bridgehead atoms. The molecule has 1 spiro atoms. The van der Waals surface area contributed by atoms with Crippen LogP contribution in [0.15, 0.2) is 24.3 Å². The normalized spacial score (nSPS) is 22.1. The van der Waals surface area contributed by atoms with Gasteiger partial charge in [-0.15, -0.1) is 0 Å². The first-order valence-electron chi connectivity index (χ1n) is 11.8. The Kier molecular flexibility index (Phi) is 13.1. The van der Waals surface area contributed by atoms with Gasteiger partial charge < -0.3 is 24.6 Å². The quantitative estimate of drug-likeness (QED) is 0.506. The van der Waals surface area contributed by atoms with Gasteiger partial charge in [-0.05, 0) is 50.9 Å². The summed E-state index contributed by atoms with van der Waals surface area (Å²) in [5.74, 6) is -5.14. The van der Waals surface area contributed by atoms with Gasteiger partial charge in [0.25, 0.3) is 0 Å². The maximum absolute atomic E-state index is 13.1. The van der Waals surface area contributed by atoms with E-state index in [1.165, 1.54) is 12.1 Å². The van der Waals surface area contributed by atoms with E-state index in [1.807, 2.05) is 12.1 Å². The number of carboxylic acids is 2. The summed E-state index contributed by atoms with van der Waals surface area (Å²) in [5.41, 5.74) is 0.937. The molecule has 0 amide bonds. The van der Waals surface area contributed by atoms with Gasteiger partial charge in [0, 0.05) is 32.2 Å². The molecule has 1 aromatic carbocycles. The summed E-state index contributed by atoms with van der Waals surface area (Å²) in [6, 6.07) is 7.34. The Hall–Kier alpha value is -2.49. The predicted octanol–water partition coefficient (Wildman–Crippen LogP) is 4.04. The van der Waals surface area contributed by atoms with Crippen molar-refractivity contribution >= 4 is 11.9 Å². The van der Waals surface area contributed by atoms with Gasteiger partial charge in [-0.3, -0.25) is 4.90 Å². The van der Waals surface area contributed by atoms with Gasteiger partial charge in [-0.1, -0.05) is 12.1 Å². The number of hydrogen-bond acceptors (Lipinski definition) is 6. The fourth-order valence-electron chi connectivity index (χ4n) is 3.85. The van der Waals surface area contributed by atoms with Crippen molar-refractivity contribution in [2.75, 3.05) is 46.5 Å². The van der Waals surface area contributed by atoms with Gasteiger partial charge in [0.2, 0.25) is 0 Å². The van der Waals surface area contributed by atoms with E-state index in [9.17, 15) is 30.7 Å². The van der Waals surface area contributed by atoms with E-state index in [0.29, 0.717) is 18.6 Å². The second kappa shape index (κ2) is 14.8. The van der Waals surface area contributed by atoms with Gasteiger partial charge in [-0.2, -0.15) is 26.3 Å². The van der Waals surface area contributed by atoms with Crippen molar-refractivity contribution in [3.63, 3.8) is 0 Å². The Morgan fingerprint density at radius 3 is 2.05 bits per heavy atom. The van der Waals surface area contributed by atoms with Crippen LogP contribution in [0.3, 0.4) is 0 Å². The number of rotatable bonds is 5. The molecule has 2 heterocycles. The molecule has 0 radical (unpaired) electrons. The van der Waals surface area contributed by atoms with Crippen LogP contribution >= 0.6 is 0 Å². The minimum atomic E-state index is -5.08. The van der Waals surface area contributed by atoms with Crippen molar-refractivity contribution in [1.29, 1.82) is 0 Å². The van der Waals surface area contributed by atoms with E-state index in [4.69, 9.17) is 29.3 Å². The molecule has 0 aliphatic carbocycles. The van der Waals surface area contributed by atoms with Crippen molar-refractivity contribution in [3.8, 4) is 0 Å². The number of nitrogens with zero attached hydrogens (tertiary/aromatic N) is 2. The van der Waals surface area contributed by atoms with Crippen LogP contribution < -0.4 is 0 Å². The fourth-order valence-corrected chi connectivity index (χ4v) is 3.85. The first kappa shape index (κ1) is 34.5. The van der Waals surface area contributed by atoms with E-state index < -0.39 is 24.3 Å². The second-order valence-corrected chi connectivity index (χ2v) is 9.59. The monoisotopic (exact) mass is 578 g/mol. The van der Waals surface area contributed by atoms with E-state index in [-0.39, 0.29) is 11.4 Å². The minimum absolute atomic E-state index is 0.185. The van der Waals surface area contributed by atoms with Gasteiger partial charge >= 0.3 is 24.3 Å². The number of carboxylic acid groups (broad SMARTS) is 2. The molecule has 0 aromatic heterocycles. The zero-order valence-corrected chi connectivity index (χ0v) is 21.7. The summed E-state index contributed by atoms with van der Waals surface area (Å²) < 4.78 is 88.8. The number of aliphatic carboxylic acids is 2. The minimum Gasteiger partial charge on any atom is -0.475 e. The number of alkyl halides is 6. The number of carbonyl (C=O) groups is 2. The average molecular weight is 579 g/mol. The molecule has 2 atom stereocenters. The first-order valence-corrected chi connectivity index (χ1v) is 11.8. The highest BCUT2D eigenvalue weighted by Gasteiger charge is 2.43. The van der Waals surface area contributed by atoms with Gasteiger partial charge in [0.1, 0.15) is 11.4 Å². The number of benzene rings is 1. The van der Waals surface area contributed by atoms with Crippen LogP contribution in [0.4, 0.5) is 30.7 Å². The van der Waals surface area contributed by atoms with Crippen molar-refractivity contribution in [1.82, 2.24) is 9.80 Å². The van der Waals surface area contributed by atoms with Crippen molar-refractivity contribution < 1.29 is 60.0 Å². The molecule has 2 aliphatic heterocycles. The standard InChI is InChI=1S/C20H31FN2O2.2C2HF3O2/c1-16(2)22(3)11-18-10-20(25-13-18)14-23(8-9-24-15-20)12-17-4-6-19(21)7-5-17;2*3-2(4,5)1(6)7/h4-7,16,18H,8-15H2,1-3H3;2*(H,6,7). The molecule has 2 fully saturated rings. The number of hydrogen-bond donors (Lipinski definition) is 2. The highest BCUT2D eigenvalue weighted by Crippen LogP contribution is 2.33. The molecule has 8 nitrogen and oxygen atoms in total. The molecule has 2 N–H and O–H groups in total. The number of halogens is 7. The number of ether oxygens (including phenoxy) is 2. The lowest BCUT2D eigenvalue weighted by molar-refractivity contribution is -0.193. The average Bonchev–Trinajstić information content (AvgIpc) is 3.08. The molecule has 39 heavy (non-hydrogen) atoms. The van der Waals surface area contributed by atoms with Crippen LogP contribution in [-0.4, -0.2) is 102 Å². The van der Waals surface area contributed by atoms with Crippen LogP contribution in [-0.2, 0) is 25.6 Å². The van der Waals surface area contributed by atoms with E-state index >= 15 is 0 Å². The molecule has 3 rings (SSSR count). The second-order valence-electron chi connectivity index (χ2n) is 9.59. The zero-order chi connectivity index (χ0) is 30.0. The Labute approximate surface area is 221 Å². The highest BCUT2D eigenvalue weighted by atomic mass is 19.4. The fraction of sp³-hybridized carbons (Fsp3) is 0.667. The van der Waals surface area contributed by atoms with E-state index in [1.54, 1.807) is 0 Å². The van der Waals surface area contributed by atoms with Crippen LogP contribution in [0, 0.1) is 11.7 Å². The van der Waals surface area contributed by atoms with E-state index in [2.05, 4.69) is 30.7 Å². The van der Waals surface area contributed by atoms with Crippen molar-refractivity contribution in [2.24, 2.45) is 5.92 Å². The van der Waals surface area contributed by atoms with E-state index in [0.717, 1.165) is 51.4 Å². The predicted molar refractivity (Wildman–Crippen MR) is 124 cm³/mol. The third kappa shape index (κ3) is 12.9. The summed E-state index contributed by atoms with van der Waals surface area (Å²) in [6.45, 7) is 10.3. The van der Waals surface area contributed by atoms with Crippen LogP contribution in [0.5, 0.6) is 0 Å². The summed E-state index contributed by atoms with van der Waals surface area (Å²) in [7, 11) is 2.18. The lowest BCUT2D eigenvalue weighted by atomic mass is 9.93. The molecule has 0 saturated carbocycles. The molecule has 1 aromatic rings. The molecular weight excluding hydrogens is 545 g/mol. The Bertz CT molecular complexity index is 888. The molecule has 15 heteroatoms. The zero-order valence-electron chi connectivity index (χ0n) is 21.7. The lowest BCUT2D eigenvalue weighted by Crippen LogP contribution is -2.44. The molecular formula is C24H33F7N2O6. The third-order valence-electron chi connectivity index (χ3n) is 5.95. The van der Waals surface area contributed by atoms with Gasteiger partial charge in [0.15, 0.2) is 0 Å². The Morgan fingerprint density at radius 2 is 1.59 bits per heavy atom. The van der Waals surface area contributed by atoms with Crippen molar-refractivity contribution in [3.05, 3.63) is 35.6 Å². The highest BCUT2D eigenvalue weighted by molar-refractivity contribution is 5.73. The van der Waals surface area contributed by atoms with Gasteiger partial charge in [0.05, 0.1) is 19.8 Å². The summed E-state index contributed by atoms with van der Waals surface area (Å²) in [5, 5.41) is 14.2. The first-order chi connectivity index (χ1) is 17.8. The topological polar surface area (TPSA) is 99.5 Å². The summed E-state index contributed by atoms with van der Waals surface area (Å²) in [4.78, 5) is 22.6. The molecule has 224 valence electrons. The smallest absolute Gasteiger partial charge is 0.475 e. The maximum atomic E-state index is 13.1. The SMILES string of the molecule is CC(C)N(C)CC1COC2(COCCN(Cc3ccc(F)cc3)C2)C1.O=C(O)C(F)(F)F.O=C(O)C(F)(F)F. The molecule has 2 saturated heterocycles. The molecule has 2 aliphatic rings. The van der Waals surface area contributed by atoms with Crippen molar-refractivity contribution in [2.45, 2.75) is 50.8 Å². The Balaban J connectivity index is 0.000000449. The lowest BCUT2D eigenvalue weighted by Gasteiger charge is -2.31. The summed E-state index contributed by atoms with van der Waals surface area (Å²) in [6.07, 6.45) is -9.12. The van der Waals surface area contributed by atoms with Crippen LogP contribution in [0.1, 0.15) is 25.8 Å². The van der Waals surface area contributed by atoms with Crippen LogP contribution in [0.2, 0.25) is 0 Å². The third-order valence-corrected chi connectivity index (χ3v) is 5.95. The largest absolute Gasteiger partial charge is 0.490 e. The Morgan fingerprint density at radius 1 is 1.08 bits per heavy atom. The van der Waals surface area contributed by atoms with Gasteiger partial charge in [-0.25, -0.2) is 14.0 Å². The summed E-state index contributed by atoms with van der Waals surface area (Å²) >= 11 is 0. The molecule has 2 unspecified atom stereocenters.